The third kappa shape index (κ3) is 13.4. The van der Waals surface area contributed by atoms with Crippen molar-refractivity contribution in [3.8, 4) is 185 Å². The highest BCUT2D eigenvalue weighted by molar-refractivity contribution is 5.95. The number of nitrogens with zero attached hydrogens (tertiary/aromatic N) is 8. The minimum atomic E-state index is -0.311. The fraction of sp³-hybridized carbons (Fsp3) is 0.0820. The number of H-pyrrole nitrogens is 8. The first-order valence-electron chi connectivity index (χ1n) is 46.5. The Labute approximate surface area is 792 Å². The fourth-order valence-electron chi connectivity index (χ4n) is 23.3. The smallest absolute Gasteiger partial charge is 0.138 e. The Bertz CT molecular complexity index is 8190. The van der Waals surface area contributed by atoms with Gasteiger partial charge in [-0.05, 0) is 273 Å². The summed E-state index contributed by atoms with van der Waals surface area (Å²) in [5.41, 5.74) is 38.6. The minimum Gasteiger partial charge on any atom is -0.338 e. The number of benzene rings is 16. The second-order valence-corrected chi connectivity index (χ2v) is 37.9. The average Bonchev–Trinajstić information content (AvgIpc) is 0.859. The molecule has 0 amide bonds. The zero-order valence-electron chi connectivity index (χ0n) is 74.5. The highest BCUT2D eigenvalue weighted by Crippen LogP contribution is 2.75. The van der Waals surface area contributed by atoms with E-state index in [9.17, 15) is 0 Å². The summed E-state index contributed by atoms with van der Waals surface area (Å²) in [7, 11) is 0. The van der Waals surface area contributed by atoms with E-state index in [0.29, 0.717) is 0 Å². The van der Waals surface area contributed by atoms with E-state index >= 15 is 0 Å². The van der Waals surface area contributed by atoms with Crippen molar-refractivity contribution in [2.24, 2.45) is 0 Å². The van der Waals surface area contributed by atoms with E-state index in [4.69, 9.17) is 65.6 Å². The number of aromatic nitrogens is 16. The average molecular weight is 1770 g/mol. The highest BCUT2D eigenvalue weighted by atomic mass is 15.0. The summed E-state index contributed by atoms with van der Waals surface area (Å²) in [5.74, 6) is 17.3. The van der Waals surface area contributed by atoms with Gasteiger partial charge in [-0.3, -0.25) is 0 Å². The molecule has 4 aliphatic carbocycles. The van der Waals surface area contributed by atoms with Gasteiger partial charge in [0.2, 0.25) is 0 Å². The second kappa shape index (κ2) is 30.5. The third-order valence-corrected chi connectivity index (χ3v) is 29.6. The summed E-state index contributed by atoms with van der Waals surface area (Å²) >= 11 is 0. The van der Waals surface area contributed by atoms with Gasteiger partial charge in [0.15, 0.2) is 0 Å². The maximum Gasteiger partial charge on any atom is 0.138 e. The van der Waals surface area contributed by atoms with Crippen LogP contribution in [0.3, 0.4) is 0 Å². The number of terminal acetylenes is 4. The molecule has 16 heteroatoms. The van der Waals surface area contributed by atoms with Gasteiger partial charge in [0.05, 0.1) is 88.3 Å². The molecule has 4 fully saturated rings. The summed E-state index contributed by atoms with van der Waals surface area (Å²) in [6.07, 6.45) is 28.5. The van der Waals surface area contributed by atoms with Crippen molar-refractivity contribution in [1.82, 2.24) is 79.7 Å². The number of fused-ring (bicyclic) bond motifs is 8. The third-order valence-electron chi connectivity index (χ3n) is 29.6. The molecule has 8 N–H and O–H groups in total. The molecule has 8 aromatic heterocycles. The lowest BCUT2D eigenvalue weighted by atomic mass is 9.32. The normalized spacial score (nSPS) is 17.2. The lowest BCUT2D eigenvalue weighted by Crippen LogP contribution is -2.67. The first-order chi connectivity index (χ1) is 67.7. The maximum atomic E-state index is 5.70. The molecule has 28 rings (SSSR count). The SMILES string of the molecule is C#Cc1ccc(-c2nc3cc(-c4ccc5nc(-c6ccc(C78CC9(c%10ccc(-c%11nc%12ccc(-c%13ccc%14[nH]c(-c%15ccc(C#C)cc%15)nc%14c%13)cc%12[nH]%11)cc%10)CC(c%10ccc(-c%11nc%12ccc(-c%13ccc%14[nH]c(-c%15ccc(C#C)cc%15)nc%14c%13)cc%12[nH]%11)cc%10)(C7)CC(c7ccc(-c%10nc%11ccc(-c%12ccc%13[nH]c(-c%14ccc(C#C)cc%14)nc%13c%12)cc%11[nH]%10)cc7)(C8)C9)cc6)[nH]c5c4)ccc3[nH]2)cc1. The number of hydrogen-bond acceptors (Lipinski definition) is 8. The molecule has 24 aromatic rings. The molecule has 138 heavy (non-hydrogen) atoms. The summed E-state index contributed by atoms with van der Waals surface area (Å²) in [4.78, 5) is 70.5. The van der Waals surface area contributed by atoms with Crippen LogP contribution >= 0.6 is 0 Å². The Morgan fingerprint density at radius 2 is 0.312 bits per heavy atom. The Balaban J connectivity index is 0.552. The van der Waals surface area contributed by atoms with Gasteiger partial charge < -0.3 is 39.9 Å². The van der Waals surface area contributed by atoms with Crippen molar-refractivity contribution in [1.29, 1.82) is 0 Å². The Hall–Kier alpha value is -18.5. The highest BCUT2D eigenvalue weighted by Gasteiger charge is 2.69. The van der Waals surface area contributed by atoms with Gasteiger partial charge in [0.1, 0.15) is 46.6 Å². The molecule has 0 atom stereocenters. The van der Waals surface area contributed by atoms with Crippen LogP contribution in [0.2, 0.25) is 0 Å². The molecule has 0 radical (unpaired) electrons. The summed E-state index contributed by atoms with van der Waals surface area (Å²) < 4.78 is 0. The lowest BCUT2D eigenvalue weighted by molar-refractivity contribution is -0.0691. The molecule has 4 bridgehead atoms. The summed E-state index contributed by atoms with van der Waals surface area (Å²) in [5, 5.41) is 0. The van der Waals surface area contributed by atoms with E-state index < -0.39 is 0 Å². The monoisotopic (exact) mass is 1770 g/mol. The van der Waals surface area contributed by atoms with Crippen molar-refractivity contribution in [3.63, 3.8) is 0 Å². The van der Waals surface area contributed by atoms with Crippen LogP contribution in [-0.2, 0) is 21.7 Å². The van der Waals surface area contributed by atoms with Crippen LogP contribution in [0.1, 0.15) is 83.0 Å². The van der Waals surface area contributed by atoms with E-state index in [0.717, 1.165) is 285 Å². The summed E-state index contributed by atoms with van der Waals surface area (Å²) in [6.45, 7) is 0. The van der Waals surface area contributed by atoms with Gasteiger partial charge in [-0.1, -0.05) is 218 Å². The molecule has 648 valence electrons. The lowest BCUT2D eigenvalue weighted by Gasteiger charge is -2.71. The first kappa shape index (κ1) is 79.3. The molecule has 16 aromatic carbocycles. The molecular formula is C122H80N16. The van der Waals surface area contributed by atoms with E-state index in [1.165, 1.54) is 22.3 Å². The van der Waals surface area contributed by atoms with E-state index in [1.807, 2.05) is 97.1 Å². The van der Waals surface area contributed by atoms with E-state index in [-0.39, 0.29) is 21.7 Å². The Morgan fingerprint density at radius 1 is 0.159 bits per heavy atom. The number of hydrogen-bond donors (Lipinski definition) is 8. The number of nitrogens with one attached hydrogen (secondary N) is 8. The van der Waals surface area contributed by atoms with Gasteiger partial charge in [0, 0.05) is 66.8 Å². The van der Waals surface area contributed by atoms with Crippen LogP contribution in [0.4, 0.5) is 0 Å². The fourth-order valence-corrected chi connectivity index (χ4v) is 23.3. The molecule has 0 saturated heterocycles. The zero-order chi connectivity index (χ0) is 91.7. The predicted octanol–water partition coefficient (Wildman–Crippen LogP) is 27.1. The molecule has 0 unspecified atom stereocenters. The van der Waals surface area contributed by atoms with Crippen LogP contribution in [-0.4, -0.2) is 79.7 Å². The van der Waals surface area contributed by atoms with E-state index in [2.05, 4.69) is 306 Å². The molecule has 8 heterocycles. The minimum absolute atomic E-state index is 0.311. The van der Waals surface area contributed by atoms with Gasteiger partial charge >= 0.3 is 0 Å². The quantitative estimate of drug-likeness (QED) is 0.0433. The summed E-state index contributed by atoms with van der Waals surface area (Å²) in [6, 6.07) is 121. The van der Waals surface area contributed by atoms with Crippen LogP contribution in [0.15, 0.2) is 340 Å². The number of imidazole rings is 8. The second-order valence-electron chi connectivity index (χ2n) is 37.9. The molecule has 4 saturated carbocycles. The number of rotatable bonds is 16. The molecule has 16 nitrogen and oxygen atoms in total. The van der Waals surface area contributed by atoms with Crippen LogP contribution in [0.25, 0.3) is 224 Å². The molecule has 4 aliphatic rings. The van der Waals surface area contributed by atoms with Crippen molar-refractivity contribution in [2.45, 2.75) is 60.2 Å². The van der Waals surface area contributed by atoms with Crippen molar-refractivity contribution in [3.05, 3.63) is 384 Å². The van der Waals surface area contributed by atoms with Gasteiger partial charge in [-0.15, -0.1) is 25.7 Å². The van der Waals surface area contributed by atoms with Crippen LogP contribution in [0.5, 0.6) is 0 Å². The van der Waals surface area contributed by atoms with Gasteiger partial charge in [-0.2, -0.15) is 0 Å². The van der Waals surface area contributed by atoms with Gasteiger partial charge in [-0.25, -0.2) is 39.9 Å². The maximum absolute atomic E-state index is 5.70. The van der Waals surface area contributed by atoms with Crippen molar-refractivity contribution in [2.75, 3.05) is 0 Å². The Kier molecular flexibility index (Phi) is 17.5. The Morgan fingerprint density at radius 3 is 0.500 bits per heavy atom. The van der Waals surface area contributed by atoms with Crippen LogP contribution in [0, 0.1) is 49.4 Å². The van der Waals surface area contributed by atoms with Crippen LogP contribution < -0.4 is 0 Å². The standard InChI is InChI=1S/C122H80N16/c1-5-71-9-17-75(18-10-71)111-123-95-49-33-83(57-103(95)131-111)87-37-53-99-107(61-87)135-115(127-99)79-25-41-91(42-26-79)119-65-120(92-43-27-80(28-44-92)116-128-100-54-38-88(62-108(100)136-116)84-34-50-96-104(58-84)132-112(124-96)76-19-11-72(6-2)12-20-76)68-121(66-119,93-45-29-81(30-46-93)117-129-101-55-39-89(63-109(101)137-117)85-35-51-97-105(59-85)133-113(125-97)77-21-13-73(7-3)14-22-77)70-122(67-119,69-120)94-47-31-82(32-48-94)118-130-102-56-40-90(64-110(102)138-118)86-36-52-98-106(60-86)134-114(126-98)78-23-15-74(8-4)16-24-78/h1-4,9-64H,65-70H2,(H,123,131)(H,124,132)(H,125,133)(H,126,134)(H,127,135)(H,128,136)(H,129,137)(H,130,138). The largest absolute Gasteiger partial charge is 0.338 e. The number of aromatic amines is 8. The van der Waals surface area contributed by atoms with Gasteiger partial charge in [0.25, 0.3) is 0 Å². The van der Waals surface area contributed by atoms with E-state index in [1.54, 1.807) is 0 Å². The predicted molar refractivity (Wildman–Crippen MR) is 554 cm³/mol. The topological polar surface area (TPSA) is 229 Å². The molecule has 0 aliphatic heterocycles. The van der Waals surface area contributed by atoms with Crippen molar-refractivity contribution >= 4 is 88.3 Å². The first-order valence-corrected chi connectivity index (χ1v) is 46.5. The molecule has 0 spiro atoms. The zero-order valence-corrected chi connectivity index (χ0v) is 74.5. The molecular weight excluding hydrogens is 1690 g/mol. The van der Waals surface area contributed by atoms with Crippen molar-refractivity contribution < 1.29 is 0 Å².